The Morgan fingerprint density at radius 1 is 0.895 bits per heavy atom. The number of aryl methyl sites for hydroxylation is 1. The first-order chi connectivity index (χ1) is 18.3. The SMILES string of the molecule is Cc1noc(-c2ccc(-c3ccc(C4(C(=O)O)CC4)cc3)cc2)c1CCC(C)Cc1ccc(C(C)C)cc1. The maximum atomic E-state index is 11.6. The van der Waals surface area contributed by atoms with Crippen molar-refractivity contribution in [1.82, 2.24) is 5.16 Å². The summed E-state index contributed by atoms with van der Waals surface area (Å²) in [5.74, 6) is 1.26. The molecule has 1 N–H and O–H groups in total. The predicted molar refractivity (Wildman–Crippen MR) is 152 cm³/mol. The molecule has 0 spiro atoms. The summed E-state index contributed by atoms with van der Waals surface area (Å²) in [4.78, 5) is 11.6. The molecule has 1 atom stereocenters. The van der Waals surface area contributed by atoms with Crippen LogP contribution in [-0.2, 0) is 23.1 Å². The van der Waals surface area contributed by atoms with Crippen LogP contribution in [-0.4, -0.2) is 16.2 Å². The molecule has 1 aliphatic rings. The van der Waals surface area contributed by atoms with Crippen LogP contribution in [0.4, 0.5) is 0 Å². The molecule has 0 amide bonds. The van der Waals surface area contributed by atoms with Gasteiger partial charge in [0, 0.05) is 11.1 Å². The Morgan fingerprint density at radius 3 is 2.03 bits per heavy atom. The third-order valence-electron chi connectivity index (χ3n) is 8.18. The van der Waals surface area contributed by atoms with Crippen LogP contribution in [0.15, 0.2) is 77.3 Å². The van der Waals surface area contributed by atoms with Gasteiger partial charge in [0.2, 0.25) is 0 Å². The molecular formula is C34H37NO3. The minimum absolute atomic E-state index is 0.559. The van der Waals surface area contributed by atoms with Gasteiger partial charge in [-0.3, -0.25) is 4.79 Å². The number of rotatable bonds is 10. The van der Waals surface area contributed by atoms with Crippen LogP contribution in [0.5, 0.6) is 0 Å². The van der Waals surface area contributed by atoms with Gasteiger partial charge in [0.05, 0.1) is 11.1 Å². The third kappa shape index (κ3) is 5.31. The standard InChI is InChI=1S/C34H37NO3/c1-22(2)26-8-6-25(7-9-26)21-23(3)5-18-31-24(4)35-38-32(31)29-12-10-27(11-13-29)28-14-16-30(17-15-28)34(19-20-34)33(36)37/h6-17,22-23H,5,18-21H2,1-4H3,(H,36,37). The fourth-order valence-electron chi connectivity index (χ4n) is 5.39. The first-order valence-corrected chi connectivity index (χ1v) is 13.8. The number of benzene rings is 3. The second-order valence-corrected chi connectivity index (χ2v) is 11.4. The zero-order valence-electron chi connectivity index (χ0n) is 22.8. The van der Waals surface area contributed by atoms with E-state index in [0.717, 1.165) is 65.8 Å². The summed E-state index contributed by atoms with van der Waals surface area (Å²) in [5, 5.41) is 13.8. The van der Waals surface area contributed by atoms with Crippen LogP contribution < -0.4 is 0 Å². The normalized spacial score (nSPS) is 15.0. The van der Waals surface area contributed by atoms with Crippen molar-refractivity contribution >= 4 is 5.97 Å². The van der Waals surface area contributed by atoms with E-state index in [4.69, 9.17) is 4.52 Å². The maximum Gasteiger partial charge on any atom is 0.314 e. The largest absolute Gasteiger partial charge is 0.481 e. The molecule has 1 fully saturated rings. The molecule has 38 heavy (non-hydrogen) atoms. The summed E-state index contributed by atoms with van der Waals surface area (Å²) in [6.07, 6.45) is 4.52. The molecule has 3 aromatic carbocycles. The van der Waals surface area contributed by atoms with E-state index in [1.54, 1.807) is 0 Å². The fourth-order valence-corrected chi connectivity index (χ4v) is 5.39. The zero-order chi connectivity index (χ0) is 26.9. The van der Waals surface area contributed by atoms with Crippen molar-refractivity contribution < 1.29 is 14.4 Å². The van der Waals surface area contributed by atoms with Crippen LogP contribution in [0, 0.1) is 12.8 Å². The molecule has 1 heterocycles. The van der Waals surface area contributed by atoms with E-state index in [1.807, 2.05) is 31.2 Å². The quantitative estimate of drug-likeness (QED) is 0.234. The van der Waals surface area contributed by atoms with E-state index >= 15 is 0 Å². The number of hydrogen-bond acceptors (Lipinski definition) is 3. The van der Waals surface area contributed by atoms with Crippen molar-refractivity contribution in [2.45, 2.75) is 71.1 Å². The number of aromatic nitrogens is 1. The highest BCUT2D eigenvalue weighted by Crippen LogP contribution is 2.48. The van der Waals surface area contributed by atoms with Crippen molar-refractivity contribution in [2.75, 3.05) is 0 Å². The van der Waals surface area contributed by atoms with Gasteiger partial charge in [0.15, 0.2) is 5.76 Å². The van der Waals surface area contributed by atoms with E-state index in [0.29, 0.717) is 11.8 Å². The van der Waals surface area contributed by atoms with E-state index < -0.39 is 11.4 Å². The lowest BCUT2D eigenvalue weighted by molar-refractivity contribution is -0.140. The molecular weight excluding hydrogens is 470 g/mol. The van der Waals surface area contributed by atoms with Gasteiger partial charge in [0.25, 0.3) is 0 Å². The number of aliphatic carboxylic acids is 1. The lowest BCUT2D eigenvalue weighted by Gasteiger charge is -2.13. The van der Waals surface area contributed by atoms with Crippen LogP contribution in [0.3, 0.4) is 0 Å². The Balaban J connectivity index is 1.24. The van der Waals surface area contributed by atoms with Crippen molar-refractivity contribution in [1.29, 1.82) is 0 Å². The number of nitrogens with zero attached hydrogens (tertiary/aromatic N) is 1. The highest BCUT2D eigenvalue weighted by Gasteiger charge is 2.51. The van der Waals surface area contributed by atoms with Crippen LogP contribution in [0.1, 0.15) is 73.9 Å². The molecule has 4 heteroatoms. The number of carboxylic acids is 1. The molecule has 4 nitrogen and oxygen atoms in total. The molecule has 0 saturated heterocycles. The first-order valence-electron chi connectivity index (χ1n) is 13.8. The smallest absolute Gasteiger partial charge is 0.314 e. The second-order valence-electron chi connectivity index (χ2n) is 11.4. The van der Waals surface area contributed by atoms with E-state index in [-0.39, 0.29) is 0 Å². The Bertz CT molecular complexity index is 1390. The topological polar surface area (TPSA) is 63.3 Å². The van der Waals surface area contributed by atoms with Gasteiger partial charge in [-0.15, -0.1) is 0 Å². The second kappa shape index (κ2) is 10.6. The van der Waals surface area contributed by atoms with E-state index in [2.05, 4.69) is 74.5 Å². The Hall–Kier alpha value is -3.66. The molecule has 1 aromatic heterocycles. The average molecular weight is 508 g/mol. The van der Waals surface area contributed by atoms with Crippen LogP contribution in [0.2, 0.25) is 0 Å². The Labute approximate surface area is 225 Å². The Morgan fingerprint density at radius 2 is 1.47 bits per heavy atom. The van der Waals surface area contributed by atoms with Crippen molar-refractivity contribution in [3.8, 4) is 22.5 Å². The monoisotopic (exact) mass is 507 g/mol. The third-order valence-corrected chi connectivity index (χ3v) is 8.18. The zero-order valence-corrected chi connectivity index (χ0v) is 22.8. The maximum absolute atomic E-state index is 11.6. The van der Waals surface area contributed by atoms with Gasteiger partial charge >= 0.3 is 5.97 Å². The summed E-state index contributed by atoms with van der Waals surface area (Å²) in [5.41, 5.74) is 8.35. The number of hydrogen-bond donors (Lipinski definition) is 1. The van der Waals surface area contributed by atoms with Gasteiger partial charge in [0.1, 0.15) is 0 Å². The summed E-state index contributed by atoms with van der Waals surface area (Å²) >= 11 is 0. The van der Waals surface area contributed by atoms with Crippen LogP contribution >= 0.6 is 0 Å². The fraction of sp³-hybridized carbons (Fsp3) is 0.353. The molecule has 0 aliphatic heterocycles. The molecule has 1 aliphatic carbocycles. The predicted octanol–water partition coefficient (Wildman–Crippen LogP) is 8.37. The average Bonchev–Trinajstić information content (AvgIpc) is 3.66. The van der Waals surface area contributed by atoms with Gasteiger partial charge < -0.3 is 9.63 Å². The molecule has 4 aromatic rings. The van der Waals surface area contributed by atoms with Crippen molar-refractivity contribution in [3.05, 3.63) is 101 Å². The summed E-state index contributed by atoms with van der Waals surface area (Å²) < 4.78 is 5.79. The summed E-state index contributed by atoms with van der Waals surface area (Å²) in [6.45, 7) is 8.81. The molecule has 1 unspecified atom stereocenters. The number of carbonyl (C=O) groups is 1. The summed E-state index contributed by atoms with van der Waals surface area (Å²) in [7, 11) is 0. The van der Waals surface area contributed by atoms with Crippen LogP contribution in [0.25, 0.3) is 22.5 Å². The highest BCUT2D eigenvalue weighted by molar-refractivity contribution is 5.85. The van der Waals surface area contributed by atoms with Crippen molar-refractivity contribution in [3.63, 3.8) is 0 Å². The summed E-state index contributed by atoms with van der Waals surface area (Å²) in [6, 6.07) is 25.4. The van der Waals surface area contributed by atoms with Gasteiger partial charge in [-0.25, -0.2) is 0 Å². The minimum atomic E-state index is -0.720. The van der Waals surface area contributed by atoms with Gasteiger partial charge in [-0.1, -0.05) is 98.7 Å². The number of carboxylic acid groups (broad SMARTS) is 1. The lowest BCUT2D eigenvalue weighted by Crippen LogP contribution is -2.19. The molecule has 1 saturated carbocycles. The molecule has 0 radical (unpaired) electrons. The van der Waals surface area contributed by atoms with Gasteiger partial charge in [-0.05, 0) is 78.7 Å². The molecule has 0 bridgehead atoms. The molecule has 196 valence electrons. The lowest BCUT2D eigenvalue weighted by atomic mass is 9.91. The van der Waals surface area contributed by atoms with Crippen molar-refractivity contribution in [2.24, 2.45) is 5.92 Å². The highest BCUT2D eigenvalue weighted by atomic mass is 16.5. The molecule has 5 rings (SSSR count). The Kier molecular flexibility index (Phi) is 7.25. The van der Waals surface area contributed by atoms with E-state index in [9.17, 15) is 9.90 Å². The minimum Gasteiger partial charge on any atom is -0.481 e. The van der Waals surface area contributed by atoms with Gasteiger partial charge in [-0.2, -0.15) is 0 Å². The van der Waals surface area contributed by atoms with E-state index in [1.165, 1.54) is 16.7 Å². The first kappa shape index (κ1) is 26.0.